The van der Waals surface area contributed by atoms with Crippen LogP contribution in [0.4, 0.5) is 5.69 Å². The molecule has 1 aromatic carbocycles. The van der Waals surface area contributed by atoms with Gasteiger partial charge in [0.1, 0.15) is 0 Å². The van der Waals surface area contributed by atoms with Gasteiger partial charge in [-0.15, -0.1) is 11.3 Å². The maximum atomic E-state index is 12.0. The van der Waals surface area contributed by atoms with Gasteiger partial charge in [-0.1, -0.05) is 18.2 Å². The number of anilines is 1. The molecule has 0 fully saturated rings. The molecule has 1 heterocycles. The second-order valence-corrected chi connectivity index (χ2v) is 5.11. The maximum Gasteiger partial charge on any atom is 0.163 e. The van der Waals surface area contributed by atoms with E-state index in [4.69, 9.17) is 5.73 Å². The van der Waals surface area contributed by atoms with Crippen molar-refractivity contribution in [3.8, 4) is 0 Å². The van der Waals surface area contributed by atoms with Gasteiger partial charge in [0.2, 0.25) is 0 Å². The summed E-state index contributed by atoms with van der Waals surface area (Å²) in [5.41, 5.74) is 8.21. The first kappa shape index (κ1) is 11.9. The normalized spacial score (nSPS) is 10.4. The molecule has 2 nitrogen and oxygen atoms in total. The van der Waals surface area contributed by atoms with Crippen LogP contribution in [-0.4, -0.2) is 5.78 Å². The summed E-state index contributed by atoms with van der Waals surface area (Å²) in [6.45, 7) is 1.94. The second-order valence-electron chi connectivity index (χ2n) is 4.07. The molecule has 0 unspecified atom stereocenters. The molecule has 0 aliphatic heterocycles. The van der Waals surface area contributed by atoms with Gasteiger partial charge in [-0.25, -0.2) is 0 Å². The molecule has 0 radical (unpaired) electrons. The Morgan fingerprint density at radius 2 is 2.18 bits per heavy atom. The van der Waals surface area contributed by atoms with Crippen molar-refractivity contribution in [3.63, 3.8) is 0 Å². The molecule has 0 saturated carbocycles. The number of carbonyl (C=O) groups excluding carboxylic acids is 1. The predicted molar refractivity (Wildman–Crippen MR) is 72.6 cm³/mol. The highest BCUT2D eigenvalue weighted by Crippen LogP contribution is 2.16. The minimum atomic E-state index is 0.158. The van der Waals surface area contributed by atoms with Gasteiger partial charge in [-0.3, -0.25) is 4.79 Å². The van der Waals surface area contributed by atoms with E-state index in [1.54, 1.807) is 17.4 Å². The van der Waals surface area contributed by atoms with Gasteiger partial charge in [0.25, 0.3) is 0 Å². The Bertz CT molecular complexity index is 517. The molecule has 0 atom stereocenters. The van der Waals surface area contributed by atoms with Crippen LogP contribution in [0.25, 0.3) is 0 Å². The summed E-state index contributed by atoms with van der Waals surface area (Å²) in [6.07, 6.45) is 1.35. The van der Waals surface area contributed by atoms with Gasteiger partial charge in [0.15, 0.2) is 5.78 Å². The Kier molecular flexibility index (Phi) is 3.59. The van der Waals surface area contributed by atoms with Crippen LogP contribution in [0.15, 0.2) is 35.7 Å². The Balaban J connectivity index is 2.02. The Labute approximate surface area is 105 Å². The third-order valence-electron chi connectivity index (χ3n) is 2.78. The van der Waals surface area contributed by atoms with Crippen LogP contribution in [0.3, 0.4) is 0 Å². The lowest BCUT2D eigenvalue weighted by atomic mass is 10.0. The zero-order valence-corrected chi connectivity index (χ0v) is 10.6. The largest absolute Gasteiger partial charge is 0.398 e. The average molecular weight is 245 g/mol. The fraction of sp³-hybridized carbons (Fsp3) is 0.214. The Morgan fingerprint density at radius 1 is 1.35 bits per heavy atom. The van der Waals surface area contributed by atoms with Crippen LogP contribution < -0.4 is 5.73 Å². The summed E-state index contributed by atoms with van der Waals surface area (Å²) in [7, 11) is 0. The number of hydrogen-bond donors (Lipinski definition) is 1. The molecule has 2 N–H and O–H groups in total. The summed E-state index contributed by atoms with van der Waals surface area (Å²) in [4.78, 5) is 13.2. The number of Topliss-reactive ketones (excluding diaryl/α,β-unsaturated/α-hetero) is 1. The highest BCUT2D eigenvalue weighted by Gasteiger charge is 2.07. The number of ketones is 1. The molecule has 0 aliphatic rings. The quantitative estimate of drug-likeness (QED) is 0.662. The Hall–Kier alpha value is -1.61. The molecule has 0 bridgehead atoms. The van der Waals surface area contributed by atoms with Gasteiger partial charge < -0.3 is 5.73 Å². The SMILES string of the molecule is Cc1ccc(C(=O)CCc2cccs2)cc1N. The van der Waals surface area contributed by atoms with Crippen LogP contribution in [0.1, 0.15) is 27.2 Å². The highest BCUT2D eigenvalue weighted by molar-refractivity contribution is 7.09. The standard InChI is InChI=1S/C14H15NOS/c1-10-4-5-11(9-13(10)15)14(16)7-6-12-3-2-8-17-12/h2-5,8-9H,6-7,15H2,1H3. The first-order valence-corrected chi connectivity index (χ1v) is 6.46. The molecule has 0 aliphatic carbocycles. The van der Waals surface area contributed by atoms with Gasteiger partial charge >= 0.3 is 0 Å². The molecule has 3 heteroatoms. The summed E-state index contributed by atoms with van der Waals surface area (Å²) in [5.74, 6) is 0.158. The van der Waals surface area contributed by atoms with Crippen LogP contribution >= 0.6 is 11.3 Å². The molecule has 0 amide bonds. The van der Waals surface area contributed by atoms with Crippen molar-refractivity contribution in [2.24, 2.45) is 0 Å². The summed E-state index contributed by atoms with van der Waals surface area (Å²) < 4.78 is 0. The molecular weight excluding hydrogens is 230 g/mol. The fourth-order valence-corrected chi connectivity index (χ4v) is 2.36. The molecule has 88 valence electrons. The monoisotopic (exact) mass is 245 g/mol. The molecule has 0 spiro atoms. The number of thiophene rings is 1. The number of rotatable bonds is 4. The summed E-state index contributed by atoms with van der Waals surface area (Å²) >= 11 is 1.69. The average Bonchev–Trinajstić information content (AvgIpc) is 2.82. The third-order valence-corrected chi connectivity index (χ3v) is 3.72. The lowest BCUT2D eigenvalue weighted by Gasteiger charge is -2.04. The minimum Gasteiger partial charge on any atom is -0.398 e. The van der Waals surface area contributed by atoms with E-state index >= 15 is 0 Å². The molecule has 1 aromatic heterocycles. The first-order valence-electron chi connectivity index (χ1n) is 5.58. The van der Waals surface area contributed by atoms with Crippen LogP contribution in [-0.2, 0) is 6.42 Å². The minimum absolute atomic E-state index is 0.158. The van der Waals surface area contributed by atoms with E-state index in [0.29, 0.717) is 17.7 Å². The summed E-state index contributed by atoms with van der Waals surface area (Å²) in [6, 6.07) is 9.58. The van der Waals surface area contributed by atoms with E-state index in [0.717, 1.165) is 12.0 Å². The number of benzene rings is 1. The van der Waals surface area contributed by atoms with Crippen molar-refractivity contribution in [1.29, 1.82) is 0 Å². The number of nitrogen functional groups attached to an aromatic ring is 1. The zero-order chi connectivity index (χ0) is 12.3. The number of carbonyl (C=O) groups is 1. The molecule has 2 aromatic rings. The van der Waals surface area contributed by atoms with Gasteiger partial charge in [0.05, 0.1) is 0 Å². The second kappa shape index (κ2) is 5.15. The predicted octanol–water partition coefficient (Wildman–Crippen LogP) is 3.45. The van der Waals surface area contributed by atoms with Crippen LogP contribution in [0.2, 0.25) is 0 Å². The van der Waals surface area contributed by atoms with E-state index in [9.17, 15) is 4.79 Å². The lowest BCUT2D eigenvalue weighted by molar-refractivity contribution is 0.0983. The van der Waals surface area contributed by atoms with E-state index in [1.165, 1.54) is 4.88 Å². The van der Waals surface area contributed by atoms with Gasteiger partial charge in [-0.2, -0.15) is 0 Å². The molecule has 2 rings (SSSR count). The smallest absolute Gasteiger partial charge is 0.163 e. The van der Waals surface area contributed by atoms with Crippen molar-refractivity contribution in [3.05, 3.63) is 51.7 Å². The van der Waals surface area contributed by atoms with Gasteiger partial charge in [-0.05, 0) is 36.4 Å². The van der Waals surface area contributed by atoms with E-state index in [2.05, 4.69) is 6.07 Å². The molecule has 17 heavy (non-hydrogen) atoms. The number of nitrogens with two attached hydrogens (primary N) is 1. The van der Waals surface area contributed by atoms with Crippen molar-refractivity contribution in [2.45, 2.75) is 19.8 Å². The van der Waals surface area contributed by atoms with Crippen molar-refractivity contribution >= 4 is 22.8 Å². The highest BCUT2D eigenvalue weighted by atomic mass is 32.1. The van der Waals surface area contributed by atoms with Gasteiger partial charge in [0, 0.05) is 22.5 Å². The third kappa shape index (κ3) is 2.94. The van der Waals surface area contributed by atoms with E-state index < -0.39 is 0 Å². The van der Waals surface area contributed by atoms with Crippen molar-refractivity contribution < 1.29 is 4.79 Å². The first-order chi connectivity index (χ1) is 8.16. The van der Waals surface area contributed by atoms with Crippen molar-refractivity contribution in [2.75, 3.05) is 5.73 Å². The van der Waals surface area contributed by atoms with E-state index in [1.807, 2.05) is 30.5 Å². The molecular formula is C14H15NOS. The van der Waals surface area contributed by atoms with Crippen molar-refractivity contribution in [1.82, 2.24) is 0 Å². The Morgan fingerprint density at radius 3 is 2.82 bits per heavy atom. The summed E-state index contributed by atoms with van der Waals surface area (Å²) in [5, 5.41) is 2.03. The number of aryl methyl sites for hydroxylation is 2. The zero-order valence-electron chi connectivity index (χ0n) is 9.77. The molecule has 0 saturated heterocycles. The topological polar surface area (TPSA) is 43.1 Å². The van der Waals surface area contributed by atoms with Crippen LogP contribution in [0, 0.1) is 6.92 Å². The van der Waals surface area contributed by atoms with E-state index in [-0.39, 0.29) is 5.78 Å². The maximum absolute atomic E-state index is 12.0. The lowest BCUT2D eigenvalue weighted by Crippen LogP contribution is -2.02. The number of hydrogen-bond acceptors (Lipinski definition) is 3. The van der Waals surface area contributed by atoms with Crippen LogP contribution in [0.5, 0.6) is 0 Å². The fourth-order valence-electron chi connectivity index (χ4n) is 1.65.